The lowest BCUT2D eigenvalue weighted by molar-refractivity contribution is -0.385. The van der Waals surface area contributed by atoms with Crippen LogP contribution in [0.3, 0.4) is 0 Å². The fraction of sp³-hybridized carbons (Fsp3) is 0.0714. The second-order valence-corrected chi connectivity index (χ2v) is 4.23. The van der Waals surface area contributed by atoms with Gasteiger partial charge >= 0.3 is 0 Å². The van der Waals surface area contributed by atoms with E-state index >= 15 is 0 Å². The van der Waals surface area contributed by atoms with Crippen molar-refractivity contribution in [3.05, 3.63) is 70.0 Å². The topological polar surface area (TPSA) is 75.5 Å². The quantitative estimate of drug-likeness (QED) is 0.693. The molecule has 0 unspecified atom stereocenters. The van der Waals surface area contributed by atoms with Gasteiger partial charge in [0.05, 0.1) is 10.6 Å². The average Bonchev–Trinajstić information content (AvgIpc) is 2.47. The van der Waals surface area contributed by atoms with E-state index in [4.69, 9.17) is 0 Å². The number of nitrogens with one attached hydrogen (secondary N) is 1. The molecule has 0 aliphatic heterocycles. The smallest absolute Gasteiger partial charge is 0.285 e. The minimum atomic E-state index is -0.942. The summed E-state index contributed by atoms with van der Waals surface area (Å²) in [5, 5.41) is 12.2. The molecule has 0 aliphatic carbocycles. The van der Waals surface area contributed by atoms with Gasteiger partial charge in [0.2, 0.25) is 0 Å². The van der Waals surface area contributed by atoms with E-state index in [1.54, 1.807) is 37.4 Å². The van der Waals surface area contributed by atoms with Crippen LogP contribution in [0.15, 0.2) is 48.5 Å². The minimum Gasteiger partial charge on any atom is -0.288 e. The summed E-state index contributed by atoms with van der Waals surface area (Å²) in [6.07, 6.45) is 0. The Bertz CT molecular complexity index is 676. The monoisotopic (exact) mass is 289 g/mol. The van der Waals surface area contributed by atoms with Gasteiger partial charge in [-0.1, -0.05) is 24.3 Å². The van der Waals surface area contributed by atoms with E-state index in [9.17, 15) is 19.3 Å². The molecular weight excluding hydrogens is 277 g/mol. The molecule has 0 aliphatic rings. The van der Waals surface area contributed by atoms with Gasteiger partial charge in [-0.3, -0.25) is 25.3 Å². The number of nitrogens with zero attached hydrogens (tertiary/aromatic N) is 2. The molecule has 0 aromatic heterocycles. The van der Waals surface area contributed by atoms with Crippen LogP contribution in [0.2, 0.25) is 0 Å². The standard InChI is InChI=1S/C14H12FN3O3/c1-17(10-6-3-2-4-7-10)16-14(19)13-11(15)8-5-9-12(13)18(20)21/h2-9H,1H3,(H,16,19). The van der Waals surface area contributed by atoms with Gasteiger partial charge in [-0.05, 0) is 18.2 Å². The van der Waals surface area contributed by atoms with Gasteiger partial charge in [0.25, 0.3) is 11.6 Å². The van der Waals surface area contributed by atoms with Crippen molar-refractivity contribution in [2.45, 2.75) is 0 Å². The number of nitro groups is 1. The summed E-state index contributed by atoms with van der Waals surface area (Å²) >= 11 is 0. The zero-order valence-corrected chi connectivity index (χ0v) is 11.1. The van der Waals surface area contributed by atoms with E-state index in [-0.39, 0.29) is 0 Å². The number of benzene rings is 2. The van der Waals surface area contributed by atoms with Crippen LogP contribution >= 0.6 is 0 Å². The summed E-state index contributed by atoms with van der Waals surface area (Å²) in [4.78, 5) is 22.2. The lowest BCUT2D eigenvalue weighted by Crippen LogP contribution is -2.40. The summed E-state index contributed by atoms with van der Waals surface area (Å²) in [6, 6.07) is 12.1. The number of rotatable bonds is 4. The van der Waals surface area contributed by atoms with E-state index in [2.05, 4.69) is 5.43 Å². The maximum atomic E-state index is 13.7. The predicted molar refractivity (Wildman–Crippen MR) is 75.4 cm³/mol. The van der Waals surface area contributed by atoms with Gasteiger partial charge in [-0.2, -0.15) is 0 Å². The Morgan fingerprint density at radius 1 is 1.19 bits per heavy atom. The molecule has 0 radical (unpaired) electrons. The van der Waals surface area contributed by atoms with Gasteiger partial charge in [-0.15, -0.1) is 0 Å². The van der Waals surface area contributed by atoms with Crippen molar-refractivity contribution in [2.75, 3.05) is 12.1 Å². The number of amides is 1. The van der Waals surface area contributed by atoms with E-state index in [1.807, 2.05) is 0 Å². The van der Waals surface area contributed by atoms with Crippen molar-refractivity contribution >= 4 is 17.3 Å². The number of hydrogen-bond acceptors (Lipinski definition) is 4. The van der Waals surface area contributed by atoms with E-state index in [0.29, 0.717) is 5.69 Å². The molecular formula is C14H12FN3O3. The fourth-order valence-electron chi connectivity index (χ4n) is 1.81. The van der Waals surface area contributed by atoms with Gasteiger partial charge in [0, 0.05) is 13.1 Å². The highest BCUT2D eigenvalue weighted by molar-refractivity contribution is 5.99. The van der Waals surface area contributed by atoms with Crippen LogP contribution in [0.4, 0.5) is 15.8 Å². The first-order chi connectivity index (χ1) is 10.0. The molecule has 21 heavy (non-hydrogen) atoms. The summed E-state index contributed by atoms with van der Waals surface area (Å²) < 4.78 is 13.7. The normalized spacial score (nSPS) is 10.0. The molecule has 0 heterocycles. The molecule has 0 spiro atoms. The van der Waals surface area contributed by atoms with E-state index in [0.717, 1.165) is 12.1 Å². The van der Waals surface area contributed by atoms with Crippen molar-refractivity contribution in [1.29, 1.82) is 0 Å². The molecule has 1 amide bonds. The first-order valence-electron chi connectivity index (χ1n) is 6.03. The van der Waals surface area contributed by atoms with Gasteiger partial charge < -0.3 is 0 Å². The molecule has 6 nitrogen and oxygen atoms in total. The number of hydrazine groups is 1. The number of hydrogen-bond donors (Lipinski definition) is 1. The molecule has 1 N–H and O–H groups in total. The number of para-hydroxylation sites is 1. The zero-order valence-electron chi connectivity index (χ0n) is 11.1. The number of nitro benzene ring substituents is 1. The van der Waals surface area contributed by atoms with Crippen molar-refractivity contribution in [3.8, 4) is 0 Å². The van der Waals surface area contributed by atoms with Gasteiger partial charge in [-0.25, -0.2) is 4.39 Å². The molecule has 0 bridgehead atoms. The van der Waals surface area contributed by atoms with Crippen molar-refractivity contribution in [2.24, 2.45) is 0 Å². The van der Waals surface area contributed by atoms with E-state index < -0.39 is 27.9 Å². The van der Waals surface area contributed by atoms with Crippen molar-refractivity contribution in [3.63, 3.8) is 0 Å². The Balaban J connectivity index is 2.27. The van der Waals surface area contributed by atoms with Crippen molar-refractivity contribution in [1.82, 2.24) is 5.43 Å². The highest BCUT2D eigenvalue weighted by Crippen LogP contribution is 2.21. The maximum Gasteiger partial charge on any atom is 0.285 e. The molecule has 0 saturated heterocycles. The summed E-state index contributed by atoms with van der Waals surface area (Å²) in [5.41, 5.74) is 1.89. The Kier molecular flexibility index (Phi) is 4.13. The first kappa shape index (κ1) is 14.4. The third-order valence-electron chi connectivity index (χ3n) is 2.83. The highest BCUT2D eigenvalue weighted by atomic mass is 19.1. The van der Waals surface area contributed by atoms with Crippen LogP contribution in [0.1, 0.15) is 10.4 Å². The Morgan fingerprint density at radius 3 is 2.48 bits per heavy atom. The maximum absolute atomic E-state index is 13.7. The third kappa shape index (κ3) is 3.14. The molecule has 0 fully saturated rings. The summed E-state index contributed by atoms with van der Waals surface area (Å²) in [5.74, 6) is -1.82. The Labute approximate surface area is 119 Å². The second-order valence-electron chi connectivity index (χ2n) is 4.23. The van der Waals surface area contributed by atoms with Crippen LogP contribution in [-0.4, -0.2) is 17.9 Å². The molecule has 2 aromatic carbocycles. The molecule has 2 aromatic rings. The predicted octanol–water partition coefficient (Wildman–Crippen LogP) is 2.52. The SMILES string of the molecule is CN(NC(=O)c1c(F)cccc1[N+](=O)[O-])c1ccccc1. The van der Waals surface area contributed by atoms with Gasteiger partial charge in [0.1, 0.15) is 5.82 Å². The van der Waals surface area contributed by atoms with E-state index in [1.165, 1.54) is 11.1 Å². The number of anilines is 1. The summed E-state index contributed by atoms with van der Waals surface area (Å²) in [7, 11) is 1.56. The van der Waals surface area contributed by atoms with Crippen LogP contribution in [0.5, 0.6) is 0 Å². The zero-order chi connectivity index (χ0) is 15.4. The molecule has 0 saturated carbocycles. The molecule has 2 rings (SSSR count). The largest absolute Gasteiger partial charge is 0.288 e. The van der Waals surface area contributed by atoms with Crippen LogP contribution < -0.4 is 10.4 Å². The lowest BCUT2D eigenvalue weighted by atomic mass is 10.1. The van der Waals surface area contributed by atoms with Crippen LogP contribution in [0, 0.1) is 15.9 Å². The fourth-order valence-corrected chi connectivity index (χ4v) is 1.81. The number of carbonyl (C=O) groups excluding carboxylic acids is 1. The molecule has 7 heteroatoms. The van der Waals surface area contributed by atoms with Crippen molar-refractivity contribution < 1.29 is 14.1 Å². The van der Waals surface area contributed by atoms with Gasteiger partial charge in [0.15, 0.2) is 5.56 Å². The first-order valence-corrected chi connectivity index (χ1v) is 6.03. The second kappa shape index (κ2) is 6.00. The average molecular weight is 289 g/mol. The Morgan fingerprint density at radius 2 is 1.86 bits per heavy atom. The minimum absolute atomic E-state index is 0.575. The Hall–Kier alpha value is -2.96. The lowest BCUT2D eigenvalue weighted by Gasteiger charge is -2.20. The number of halogens is 1. The molecule has 0 atom stereocenters. The summed E-state index contributed by atoms with van der Waals surface area (Å²) in [6.45, 7) is 0. The highest BCUT2D eigenvalue weighted by Gasteiger charge is 2.25. The van der Waals surface area contributed by atoms with Crippen LogP contribution in [0.25, 0.3) is 0 Å². The third-order valence-corrected chi connectivity index (χ3v) is 2.83. The van der Waals surface area contributed by atoms with Crippen LogP contribution in [-0.2, 0) is 0 Å². The molecule has 108 valence electrons. The number of carbonyl (C=O) groups is 1.